The first-order chi connectivity index (χ1) is 14.6. The summed E-state index contributed by atoms with van der Waals surface area (Å²) in [4.78, 5) is 12.5. The molecule has 2 nitrogen and oxygen atoms in total. The first kappa shape index (κ1) is 24.0. The summed E-state index contributed by atoms with van der Waals surface area (Å²) in [5.41, 5.74) is 0. The molecule has 3 aliphatic rings. The Hall–Kier alpha value is -0.670. The molecule has 0 N–H and O–H groups in total. The molecular weight excluding hydrogens is 382 g/mol. The van der Waals surface area contributed by atoms with Crippen LogP contribution >= 0.6 is 0 Å². The van der Waals surface area contributed by atoms with Gasteiger partial charge in [-0.2, -0.15) is 0 Å². The van der Waals surface area contributed by atoms with E-state index in [0.29, 0.717) is 12.8 Å². The summed E-state index contributed by atoms with van der Waals surface area (Å²) < 4.78 is 32.7. The third-order valence-electron chi connectivity index (χ3n) is 8.30. The fraction of sp³-hybridized carbons (Fsp3) is 0.962. The minimum Gasteiger partial charge on any atom is -0.459 e. The van der Waals surface area contributed by atoms with Gasteiger partial charge in [-0.15, -0.1) is 0 Å². The van der Waals surface area contributed by atoms with Crippen molar-refractivity contribution in [3.63, 3.8) is 0 Å². The van der Waals surface area contributed by atoms with E-state index in [4.69, 9.17) is 4.74 Å². The fourth-order valence-electron chi connectivity index (χ4n) is 6.23. The quantitative estimate of drug-likeness (QED) is 0.278. The molecule has 3 atom stereocenters. The van der Waals surface area contributed by atoms with Crippen molar-refractivity contribution in [2.75, 3.05) is 0 Å². The maximum atomic E-state index is 14.0. The monoisotopic (exact) mass is 426 g/mol. The minimum absolute atomic E-state index is 0.0731. The van der Waals surface area contributed by atoms with Gasteiger partial charge in [0.15, 0.2) is 0 Å². The number of carbonyl (C=O) groups excluding carboxylic acids is 1. The maximum Gasteiger partial charge on any atom is 0.309 e. The van der Waals surface area contributed by atoms with Crippen LogP contribution in [0.4, 0.5) is 8.78 Å². The number of hydrogen-bond donors (Lipinski definition) is 0. The van der Waals surface area contributed by atoms with Crippen LogP contribution in [0.3, 0.4) is 0 Å². The fourth-order valence-corrected chi connectivity index (χ4v) is 6.23. The van der Waals surface area contributed by atoms with Gasteiger partial charge in [0.25, 0.3) is 0 Å². The molecule has 4 heteroatoms. The van der Waals surface area contributed by atoms with Gasteiger partial charge in [0.2, 0.25) is 0 Å². The van der Waals surface area contributed by atoms with Crippen LogP contribution in [0.25, 0.3) is 0 Å². The van der Waals surface area contributed by atoms with Gasteiger partial charge in [-0.1, -0.05) is 58.3 Å². The molecule has 174 valence electrons. The van der Waals surface area contributed by atoms with Crippen LogP contribution in [0.15, 0.2) is 0 Å². The summed E-state index contributed by atoms with van der Waals surface area (Å²) >= 11 is 0. The van der Waals surface area contributed by atoms with Gasteiger partial charge in [-0.25, -0.2) is 8.78 Å². The molecule has 3 aliphatic carbocycles. The Kier molecular flexibility index (Phi) is 9.90. The zero-order chi connectivity index (χ0) is 21.3. The van der Waals surface area contributed by atoms with Crippen molar-refractivity contribution in [1.82, 2.24) is 0 Å². The van der Waals surface area contributed by atoms with Gasteiger partial charge in [0, 0.05) is 6.42 Å². The average Bonchev–Trinajstić information content (AvgIpc) is 2.76. The first-order valence-electron chi connectivity index (χ1n) is 13.1. The molecule has 30 heavy (non-hydrogen) atoms. The Morgan fingerprint density at radius 3 is 2.07 bits per heavy atom. The zero-order valence-corrected chi connectivity index (χ0v) is 19.1. The predicted molar refractivity (Wildman–Crippen MR) is 118 cm³/mol. The van der Waals surface area contributed by atoms with Gasteiger partial charge in [-0.05, 0) is 69.1 Å². The normalized spacial score (nSPS) is 37.6. The number of esters is 1. The molecule has 3 saturated carbocycles. The van der Waals surface area contributed by atoms with Crippen molar-refractivity contribution in [2.45, 2.75) is 135 Å². The summed E-state index contributed by atoms with van der Waals surface area (Å²) in [6.07, 6.45) is 15.3. The standard InChI is InChI=1S/C26H44F2O2/c1-2-3-4-5-6-7-19-8-10-20(11-9-19)21-12-14-22(15-13-21)26(29)30-25-17-16-23(27)18-24(25)28/h19-25H,2-18H2,1H3. The highest BCUT2D eigenvalue weighted by Gasteiger charge is 2.37. The number of unbranched alkanes of at least 4 members (excludes halogenated alkanes) is 4. The topological polar surface area (TPSA) is 26.3 Å². The van der Waals surface area contributed by atoms with Crippen LogP contribution < -0.4 is 0 Å². The Morgan fingerprint density at radius 2 is 1.43 bits per heavy atom. The van der Waals surface area contributed by atoms with Gasteiger partial charge in [0.05, 0.1) is 5.92 Å². The van der Waals surface area contributed by atoms with Crippen molar-refractivity contribution in [3.8, 4) is 0 Å². The minimum atomic E-state index is -1.34. The lowest BCUT2D eigenvalue weighted by molar-refractivity contribution is -0.162. The second-order valence-corrected chi connectivity index (χ2v) is 10.5. The van der Waals surface area contributed by atoms with Crippen molar-refractivity contribution >= 4 is 5.97 Å². The van der Waals surface area contributed by atoms with Gasteiger partial charge in [-0.3, -0.25) is 4.79 Å². The lowest BCUT2D eigenvalue weighted by atomic mass is 9.68. The summed E-state index contributed by atoms with van der Waals surface area (Å²) in [6.45, 7) is 2.27. The largest absolute Gasteiger partial charge is 0.459 e. The van der Waals surface area contributed by atoms with Crippen molar-refractivity contribution in [3.05, 3.63) is 0 Å². The van der Waals surface area contributed by atoms with E-state index in [1.807, 2.05) is 0 Å². The molecule has 3 fully saturated rings. The molecule has 0 aliphatic heterocycles. The molecular formula is C26H44F2O2. The number of halogens is 2. The van der Waals surface area contributed by atoms with Crippen LogP contribution in [0, 0.1) is 23.7 Å². The van der Waals surface area contributed by atoms with Crippen molar-refractivity contribution < 1.29 is 18.3 Å². The van der Waals surface area contributed by atoms with Gasteiger partial charge >= 0.3 is 5.97 Å². The van der Waals surface area contributed by atoms with E-state index in [-0.39, 0.29) is 18.3 Å². The van der Waals surface area contributed by atoms with Crippen LogP contribution in [0.5, 0.6) is 0 Å². The zero-order valence-electron chi connectivity index (χ0n) is 19.1. The molecule has 0 amide bonds. The van der Waals surface area contributed by atoms with Crippen molar-refractivity contribution in [1.29, 1.82) is 0 Å². The lowest BCUT2D eigenvalue weighted by Gasteiger charge is -2.38. The van der Waals surface area contributed by atoms with E-state index in [2.05, 4.69) is 6.92 Å². The number of hydrogen-bond acceptors (Lipinski definition) is 2. The summed E-state index contributed by atoms with van der Waals surface area (Å²) in [5, 5.41) is 0. The Morgan fingerprint density at radius 1 is 0.800 bits per heavy atom. The van der Waals surface area contributed by atoms with Crippen molar-refractivity contribution in [2.24, 2.45) is 23.7 Å². The third-order valence-corrected chi connectivity index (χ3v) is 8.30. The smallest absolute Gasteiger partial charge is 0.309 e. The van der Waals surface area contributed by atoms with E-state index in [1.165, 1.54) is 64.2 Å². The Labute approximate surface area is 182 Å². The summed E-state index contributed by atoms with van der Waals surface area (Å²) in [6, 6.07) is 0. The molecule has 0 aromatic rings. The van der Waals surface area contributed by atoms with E-state index in [0.717, 1.165) is 43.4 Å². The molecule has 0 radical (unpaired) electrons. The SMILES string of the molecule is CCCCCCCC1CCC(C2CCC(C(=O)OC3CCC(F)CC3F)CC2)CC1. The number of carbonyl (C=O) groups is 1. The Balaban J connectivity index is 1.30. The van der Waals surface area contributed by atoms with Crippen LogP contribution in [-0.4, -0.2) is 24.4 Å². The van der Waals surface area contributed by atoms with E-state index >= 15 is 0 Å². The first-order valence-corrected chi connectivity index (χ1v) is 13.1. The predicted octanol–water partition coefficient (Wildman–Crippen LogP) is 7.73. The number of rotatable bonds is 9. The Bertz CT molecular complexity index is 495. The molecule has 0 aromatic heterocycles. The number of ether oxygens (including phenoxy) is 1. The number of alkyl halides is 2. The average molecular weight is 427 g/mol. The molecule has 0 aromatic carbocycles. The molecule has 0 heterocycles. The van der Waals surface area contributed by atoms with Gasteiger partial charge in [0.1, 0.15) is 18.4 Å². The summed E-state index contributed by atoms with van der Waals surface area (Å²) in [7, 11) is 0. The molecule has 3 rings (SSSR count). The maximum absolute atomic E-state index is 14.0. The highest BCUT2D eigenvalue weighted by molar-refractivity contribution is 5.72. The van der Waals surface area contributed by atoms with E-state index in [1.54, 1.807) is 0 Å². The molecule has 3 unspecified atom stereocenters. The van der Waals surface area contributed by atoms with Crippen LogP contribution in [0.1, 0.15) is 116 Å². The van der Waals surface area contributed by atoms with Crippen LogP contribution in [-0.2, 0) is 9.53 Å². The molecule has 0 bridgehead atoms. The second kappa shape index (κ2) is 12.4. The van der Waals surface area contributed by atoms with E-state index < -0.39 is 18.4 Å². The van der Waals surface area contributed by atoms with E-state index in [9.17, 15) is 13.6 Å². The van der Waals surface area contributed by atoms with Gasteiger partial charge < -0.3 is 4.74 Å². The molecule has 0 saturated heterocycles. The lowest BCUT2D eigenvalue weighted by Crippen LogP contribution is -2.38. The van der Waals surface area contributed by atoms with Crippen LogP contribution in [0.2, 0.25) is 0 Å². The highest BCUT2D eigenvalue weighted by Crippen LogP contribution is 2.42. The third kappa shape index (κ3) is 7.19. The summed E-state index contributed by atoms with van der Waals surface area (Å²) in [5.74, 6) is 2.24. The second-order valence-electron chi connectivity index (χ2n) is 10.5. The highest BCUT2D eigenvalue weighted by atomic mass is 19.1. The molecule has 0 spiro atoms.